The van der Waals surface area contributed by atoms with Crippen molar-refractivity contribution in [2.45, 2.75) is 45.3 Å². The fourth-order valence-corrected chi connectivity index (χ4v) is 3.14. The second-order valence-corrected chi connectivity index (χ2v) is 6.07. The van der Waals surface area contributed by atoms with Gasteiger partial charge in [0.1, 0.15) is 19.0 Å². The molecule has 0 unspecified atom stereocenters. The highest BCUT2D eigenvalue weighted by Crippen LogP contribution is 2.30. The fourth-order valence-electron chi connectivity index (χ4n) is 3.14. The first kappa shape index (κ1) is 14.5. The highest BCUT2D eigenvalue weighted by Gasteiger charge is 2.21. The van der Waals surface area contributed by atoms with Gasteiger partial charge in [0, 0.05) is 25.4 Å². The molecule has 3 heterocycles. The summed E-state index contributed by atoms with van der Waals surface area (Å²) in [5.74, 6) is 3.77. The molecule has 0 spiro atoms. The number of fused-ring (bicyclic) bond motifs is 2. The van der Waals surface area contributed by atoms with Crippen LogP contribution in [-0.2, 0) is 25.9 Å². The molecule has 1 aromatic heterocycles. The lowest BCUT2D eigenvalue weighted by Gasteiger charge is -2.24. The summed E-state index contributed by atoms with van der Waals surface area (Å²) >= 11 is 0. The third kappa shape index (κ3) is 3.03. The minimum atomic E-state index is 0.433. The molecular formula is C17H22N4O2. The van der Waals surface area contributed by atoms with Crippen LogP contribution in [-0.4, -0.2) is 34.0 Å². The summed E-state index contributed by atoms with van der Waals surface area (Å²) in [5.41, 5.74) is 1.22. The molecule has 0 bridgehead atoms. The molecule has 6 nitrogen and oxygen atoms in total. The molecule has 6 heteroatoms. The Bertz CT molecular complexity index is 698. The monoisotopic (exact) mass is 314 g/mol. The molecule has 4 rings (SSSR count). The van der Waals surface area contributed by atoms with E-state index in [2.05, 4.69) is 39.1 Å². The molecule has 1 N–H and O–H groups in total. The molecule has 0 radical (unpaired) electrons. The molecule has 2 aliphatic heterocycles. The van der Waals surface area contributed by atoms with Gasteiger partial charge >= 0.3 is 0 Å². The molecular weight excluding hydrogens is 292 g/mol. The largest absolute Gasteiger partial charge is 0.486 e. The number of nitrogens with one attached hydrogen (secondary N) is 1. The van der Waals surface area contributed by atoms with Crippen LogP contribution in [0.25, 0.3) is 0 Å². The molecule has 0 saturated heterocycles. The Morgan fingerprint density at radius 3 is 3.00 bits per heavy atom. The van der Waals surface area contributed by atoms with Gasteiger partial charge in [-0.3, -0.25) is 0 Å². The van der Waals surface area contributed by atoms with E-state index in [1.165, 1.54) is 5.56 Å². The number of hydrogen-bond acceptors (Lipinski definition) is 5. The maximum absolute atomic E-state index is 5.64. The third-order valence-corrected chi connectivity index (χ3v) is 4.42. The Morgan fingerprint density at radius 1 is 1.26 bits per heavy atom. The molecule has 2 aliphatic rings. The summed E-state index contributed by atoms with van der Waals surface area (Å²) < 4.78 is 13.3. The lowest BCUT2D eigenvalue weighted by Crippen LogP contribution is -2.37. The fraction of sp³-hybridized carbons (Fsp3) is 0.529. The van der Waals surface area contributed by atoms with Crippen molar-refractivity contribution in [1.29, 1.82) is 0 Å². The molecule has 23 heavy (non-hydrogen) atoms. The smallest absolute Gasteiger partial charge is 0.161 e. The molecule has 0 amide bonds. The van der Waals surface area contributed by atoms with Crippen molar-refractivity contribution in [3.05, 3.63) is 35.4 Å². The van der Waals surface area contributed by atoms with Gasteiger partial charge in [-0.2, -0.15) is 5.10 Å². The number of nitrogens with zero attached hydrogens (tertiary/aromatic N) is 3. The van der Waals surface area contributed by atoms with Crippen molar-refractivity contribution in [2.75, 3.05) is 13.2 Å². The lowest BCUT2D eigenvalue weighted by atomic mass is 10.1. The first-order valence-corrected chi connectivity index (χ1v) is 8.36. The molecule has 2 aromatic rings. The van der Waals surface area contributed by atoms with Gasteiger partial charge in [0.05, 0.1) is 6.54 Å². The van der Waals surface area contributed by atoms with E-state index in [-0.39, 0.29) is 0 Å². The van der Waals surface area contributed by atoms with Gasteiger partial charge < -0.3 is 14.8 Å². The number of rotatable bonds is 4. The summed E-state index contributed by atoms with van der Waals surface area (Å²) in [7, 11) is 0. The normalized spacial score (nSPS) is 19.4. The number of hydrogen-bond donors (Lipinski definition) is 1. The molecule has 0 fully saturated rings. The number of benzene rings is 1. The number of ether oxygens (including phenoxy) is 2. The van der Waals surface area contributed by atoms with Crippen LogP contribution >= 0.6 is 0 Å². The molecule has 122 valence electrons. The third-order valence-electron chi connectivity index (χ3n) is 4.42. The second-order valence-electron chi connectivity index (χ2n) is 6.07. The Labute approximate surface area is 135 Å². The van der Waals surface area contributed by atoms with Gasteiger partial charge in [0.15, 0.2) is 17.3 Å². The van der Waals surface area contributed by atoms with Gasteiger partial charge in [-0.15, -0.1) is 0 Å². The van der Waals surface area contributed by atoms with E-state index in [0.717, 1.165) is 55.5 Å². The minimum Gasteiger partial charge on any atom is -0.486 e. The molecule has 0 aliphatic carbocycles. The average Bonchev–Trinajstić information content (AvgIpc) is 3.02. The zero-order valence-electron chi connectivity index (χ0n) is 13.4. The predicted octanol–water partition coefficient (Wildman–Crippen LogP) is 1.72. The van der Waals surface area contributed by atoms with Crippen LogP contribution in [0, 0.1) is 0 Å². The zero-order chi connectivity index (χ0) is 15.6. The zero-order valence-corrected chi connectivity index (χ0v) is 13.4. The van der Waals surface area contributed by atoms with Crippen LogP contribution in [0.15, 0.2) is 18.2 Å². The van der Waals surface area contributed by atoms with E-state index in [1.54, 1.807) is 0 Å². The van der Waals surface area contributed by atoms with E-state index >= 15 is 0 Å². The highest BCUT2D eigenvalue weighted by molar-refractivity contribution is 5.43. The first-order chi connectivity index (χ1) is 11.3. The molecule has 1 atom stereocenters. The van der Waals surface area contributed by atoms with Crippen LogP contribution in [0.1, 0.15) is 30.6 Å². The van der Waals surface area contributed by atoms with Gasteiger partial charge in [-0.25, -0.2) is 9.67 Å². The van der Waals surface area contributed by atoms with Crippen LogP contribution in [0.4, 0.5) is 0 Å². The second kappa shape index (κ2) is 6.20. The van der Waals surface area contributed by atoms with Crippen LogP contribution in [0.5, 0.6) is 11.5 Å². The summed E-state index contributed by atoms with van der Waals surface area (Å²) in [6, 6.07) is 6.59. The topological polar surface area (TPSA) is 61.2 Å². The average molecular weight is 314 g/mol. The van der Waals surface area contributed by atoms with E-state index in [4.69, 9.17) is 9.47 Å². The van der Waals surface area contributed by atoms with Crippen molar-refractivity contribution in [3.8, 4) is 11.5 Å². The first-order valence-electron chi connectivity index (χ1n) is 8.36. The van der Waals surface area contributed by atoms with Crippen LogP contribution < -0.4 is 14.8 Å². The Morgan fingerprint density at radius 2 is 2.13 bits per heavy atom. The van der Waals surface area contributed by atoms with E-state index in [0.29, 0.717) is 19.3 Å². The standard InChI is InChI=1S/C17H22N4O2/c1-2-16-19-17-6-4-13(11-21(17)20-16)18-10-12-3-5-14-15(9-12)23-8-7-22-14/h3,5,9,13,18H,2,4,6-8,10-11H2,1H3/t13-/m1/s1. The maximum atomic E-state index is 5.64. The quantitative estimate of drug-likeness (QED) is 0.931. The summed E-state index contributed by atoms with van der Waals surface area (Å²) in [6.07, 6.45) is 2.99. The lowest BCUT2D eigenvalue weighted by molar-refractivity contribution is 0.171. The Balaban J connectivity index is 1.38. The van der Waals surface area contributed by atoms with Crippen molar-refractivity contribution in [1.82, 2.24) is 20.1 Å². The summed E-state index contributed by atoms with van der Waals surface area (Å²) in [6.45, 7) is 5.08. The van der Waals surface area contributed by atoms with Gasteiger partial charge in [0.25, 0.3) is 0 Å². The van der Waals surface area contributed by atoms with E-state index < -0.39 is 0 Å². The van der Waals surface area contributed by atoms with E-state index in [9.17, 15) is 0 Å². The van der Waals surface area contributed by atoms with Crippen LogP contribution in [0.3, 0.4) is 0 Å². The predicted molar refractivity (Wildman–Crippen MR) is 85.8 cm³/mol. The van der Waals surface area contributed by atoms with Gasteiger partial charge in [-0.1, -0.05) is 13.0 Å². The SMILES string of the molecule is CCc1nc2n(n1)C[C@H](NCc1ccc3c(c1)OCCO3)CC2. The van der Waals surface area contributed by atoms with Gasteiger partial charge in [-0.05, 0) is 24.1 Å². The van der Waals surface area contributed by atoms with Crippen LogP contribution in [0.2, 0.25) is 0 Å². The van der Waals surface area contributed by atoms with Crippen molar-refractivity contribution >= 4 is 0 Å². The van der Waals surface area contributed by atoms with Crippen molar-refractivity contribution < 1.29 is 9.47 Å². The Hall–Kier alpha value is -2.08. The number of aryl methyl sites for hydroxylation is 2. The highest BCUT2D eigenvalue weighted by atomic mass is 16.6. The van der Waals surface area contributed by atoms with Gasteiger partial charge in [0.2, 0.25) is 0 Å². The van der Waals surface area contributed by atoms with E-state index in [1.807, 2.05) is 6.07 Å². The summed E-state index contributed by atoms with van der Waals surface area (Å²) in [4.78, 5) is 4.56. The minimum absolute atomic E-state index is 0.433. The molecule has 1 aromatic carbocycles. The number of aromatic nitrogens is 3. The maximum Gasteiger partial charge on any atom is 0.161 e. The molecule has 0 saturated carbocycles. The summed E-state index contributed by atoms with van der Waals surface area (Å²) in [5, 5.41) is 8.19. The van der Waals surface area contributed by atoms with Crippen molar-refractivity contribution in [2.24, 2.45) is 0 Å². The van der Waals surface area contributed by atoms with Crippen molar-refractivity contribution in [3.63, 3.8) is 0 Å². The Kier molecular flexibility index (Phi) is 3.91.